The Hall–Kier alpha value is -2.55. The lowest BCUT2D eigenvalue weighted by atomic mass is 10.1. The molecule has 3 heteroatoms. The first-order valence-corrected chi connectivity index (χ1v) is 6.42. The molecule has 0 aliphatic heterocycles. The molecular weight excluding hydrogens is 250 g/mol. The molecule has 0 saturated heterocycles. The van der Waals surface area contributed by atoms with Crippen molar-refractivity contribution in [2.75, 3.05) is 7.11 Å². The number of rotatable bonds is 2. The molecule has 0 atom stereocenters. The van der Waals surface area contributed by atoms with E-state index in [1.165, 1.54) is 0 Å². The number of benzene rings is 2. The number of aromatic hydroxyl groups is 1. The van der Waals surface area contributed by atoms with Crippen LogP contribution in [0.15, 0.2) is 48.5 Å². The number of ether oxygens (including phenoxy) is 1. The first-order valence-electron chi connectivity index (χ1n) is 6.42. The second kappa shape index (κ2) is 4.85. The maximum Gasteiger partial charge on any atom is 0.121 e. The van der Waals surface area contributed by atoms with Crippen LogP contribution in [0, 0.1) is 6.92 Å². The minimum absolute atomic E-state index is 0.302. The molecule has 0 spiro atoms. The predicted molar refractivity (Wildman–Crippen MR) is 80.1 cm³/mol. The second-order valence-electron chi connectivity index (χ2n) is 4.76. The van der Waals surface area contributed by atoms with Gasteiger partial charge in [0.05, 0.1) is 18.3 Å². The number of aryl methyl sites for hydroxylation is 1. The molecule has 2 aromatic carbocycles. The summed E-state index contributed by atoms with van der Waals surface area (Å²) >= 11 is 0. The van der Waals surface area contributed by atoms with Crippen LogP contribution in [-0.2, 0) is 0 Å². The molecule has 0 aliphatic rings. The smallest absolute Gasteiger partial charge is 0.121 e. The summed E-state index contributed by atoms with van der Waals surface area (Å²) in [5, 5.41) is 10.7. The van der Waals surface area contributed by atoms with E-state index < -0.39 is 0 Å². The lowest BCUT2D eigenvalue weighted by Gasteiger charge is -2.07. The molecule has 0 aliphatic carbocycles. The highest BCUT2D eigenvalue weighted by atomic mass is 16.5. The van der Waals surface area contributed by atoms with Gasteiger partial charge in [0.2, 0.25) is 0 Å². The van der Waals surface area contributed by atoms with Gasteiger partial charge in [0.25, 0.3) is 0 Å². The molecule has 3 nitrogen and oxygen atoms in total. The Kier molecular flexibility index (Phi) is 3.03. The molecule has 20 heavy (non-hydrogen) atoms. The molecule has 0 amide bonds. The average Bonchev–Trinajstić information content (AvgIpc) is 2.49. The van der Waals surface area contributed by atoms with Crippen molar-refractivity contribution >= 4 is 10.9 Å². The van der Waals surface area contributed by atoms with Crippen molar-refractivity contribution in [2.45, 2.75) is 6.92 Å². The summed E-state index contributed by atoms with van der Waals surface area (Å²) in [6.45, 7) is 1.88. The Morgan fingerprint density at radius 3 is 2.55 bits per heavy atom. The molecule has 1 heterocycles. The standard InChI is InChI=1S/C17H15NO2/c1-11-9-13(5-8-17(11)19)15-7-4-12-3-6-14(20-2)10-16(12)18-15/h3-10,19H,1-2H3. The molecule has 0 saturated carbocycles. The SMILES string of the molecule is COc1ccc2ccc(-c3ccc(O)c(C)c3)nc2c1. The van der Waals surface area contributed by atoms with E-state index in [2.05, 4.69) is 4.98 Å². The lowest BCUT2D eigenvalue weighted by Crippen LogP contribution is -1.88. The number of phenols is 1. The van der Waals surface area contributed by atoms with Gasteiger partial charge in [-0.15, -0.1) is 0 Å². The Bertz CT molecular complexity index is 781. The zero-order valence-corrected chi connectivity index (χ0v) is 11.4. The summed E-state index contributed by atoms with van der Waals surface area (Å²) in [5.41, 5.74) is 3.61. The maximum atomic E-state index is 9.59. The third kappa shape index (κ3) is 2.18. The number of nitrogens with zero attached hydrogens (tertiary/aromatic N) is 1. The van der Waals surface area contributed by atoms with Gasteiger partial charge in [0.1, 0.15) is 11.5 Å². The van der Waals surface area contributed by atoms with Gasteiger partial charge in [0.15, 0.2) is 0 Å². The fraction of sp³-hybridized carbons (Fsp3) is 0.118. The highest BCUT2D eigenvalue weighted by molar-refractivity contribution is 5.83. The van der Waals surface area contributed by atoms with Crippen molar-refractivity contribution in [2.24, 2.45) is 0 Å². The summed E-state index contributed by atoms with van der Waals surface area (Å²) < 4.78 is 5.23. The van der Waals surface area contributed by atoms with Gasteiger partial charge in [-0.1, -0.05) is 6.07 Å². The van der Waals surface area contributed by atoms with E-state index in [-0.39, 0.29) is 0 Å². The minimum Gasteiger partial charge on any atom is -0.508 e. The van der Waals surface area contributed by atoms with Crippen LogP contribution >= 0.6 is 0 Å². The van der Waals surface area contributed by atoms with Gasteiger partial charge in [-0.25, -0.2) is 4.98 Å². The van der Waals surface area contributed by atoms with Gasteiger partial charge < -0.3 is 9.84 Å². The number of fused-ring (bicyclic) bond motifs is 1. The minimum atomic E-state index is 0.302. The maximum absolute atomic E-state index is 9.59. The highest BCUT2D eigenvalue weighted by Gasteiger charge is 2.05. The number of methoxy groups -OCH3 is 1. The lowest BCUT2D eigenvalue weighted by molar-refractivity contribution is 0.415. The fourth-order valence-corrected chi connectivity index (χ4v) is 2.20. The van der Waals surface area contributed by atoms with E-state index in [9.17, 15) is 5.11 Å². The van der Waals surface area contributed by atoms with E-state index in [4.69, 9.17) is 4.74 Å². The summed E-state index contributed by atoms with van der Waals surface area (Å²) in [6, 6.07) is 15.4. The topological polar surface area (TPSA) is 42.4 Å². The van der Waals surface area contributed by atoms with Crippen LogP contribution in [0.25, 0.3) is 22.2 Å². The van der Waals surface area contributed by atoms with Gasteiger partial charge in [-0.2, -0.15) is 0 Å². The first-order chi connectivity index (χ1) is 9.67. The van der Waals surface area contributed by atoms with Gasteiger partial charge >= 0.3 is 0 Å². The molecule has 0 fully saturated rings. The summed E-state index contributed by atoms with van der Waals surface area (Å²) in [7, 11) is 1.65. The summed E-state index contributed by atoms with van der Waals surface area (Å²) in [4.78, 5) is 4.66. The van der Waals surface area contributed by atoms with E-state index >= 15 is 0 Å². The zero-order valence-electron chi connectivity index (χ0n) is 11.4. The molecular formula is C17H15NO2. The van der Waals surface area contributed by atoms with Gasteiger partial charge in [-0.3, -0.25) is 0 Å². The van der Waals surface area contributed by atoms with Crippen LogP contribution in [-0.4, -0.2) is 17.2 Å². The van der Waals surface area contributed by atoms with Crippen molar-refractivity contribution < 1.29 is 9.84 Å². The van der Waals surface area contributed by atoms with Crippen LogP contribution in [0.5, 0.6) is 11.5 Å². The van der Waals surface area contributed by atoms with E-state index in [1.54, 1.807) is 13.2 Å². The van der Waals surface area contributed by atoms with Gasteiger partial charge in [0, 0.05) is 17.0 Å². The number of phenolic OH excluding ortho intramolecular Hbond substituents is 1. The van der Waals surface area contributed by atoms with E-state index in [1.807, 2.05) is 49.4 Å². The van der Waals surface area contributed by atoms with Crippen LogP contribution in [0.3, 0.4) is 0 Å². The Balaban J connectivity index is 2.13. The monoisotopic (exact) mass is 265 g/mol. The molecule has 1 aromatic heterocycles. The van der Waals surface area contributed by atoms with E-state index in [0.29, 0.717) is 5.75 Å². The van der Waals surface area contributed by atoms with Crippen molar-refractivity contribution in [1.29, 1.82) is 0 Å². The normalized spacial score (nSPS) is 10.7. The number of aromatic nitrogens is 1. The number of pyridine rings is 1. The summed E-state index contributed by atoms with van der Waals surface area (Å²) in [6.07, 6.45) is 0. The Morgan fingerprint density at radius 1 is 1.00 bits per heavy atom. The second-order valence-corrected chi connectivity index (χ2v) is 4.76. The Morgan fingerprint density at radius 2 is 1.80 bits per heavy atom. The van der Waals surface area contributed by atoms with Crippen LogP contribution in [0.4, 0.5) is 0 Å². The fourth-order valence-electron chi connectivity index (χ4n) is 2.20. The molecule has 0 unspecified atom stereocenters. The number of hydrogen-bond acceptors (Lipinski definition) is 3. The zero-order chi connectivity index (χ0) is 14.1. The van der Waals surface area contributed by atoms with Crippen molar-refractivity contribution in [3.8, 4) is 22.8 Å². The molecule has 0 bridgehead atoms. The van der Waals surface area contributed by atoms with E-state index in [0.717, 1.165) is 33.5 Å². The van der Waals surface area contributed by atoms with Crippen LogP contribution in [0.1, 0.15) is 5.56 Å². The quantitative estimate of drug-likeness (QED) is 0.763. The highest BCUT2D eigenvalue weighted by Crippen LogP contribution is 2.27. The molecule has 3 aromatic rings. The summed E-state index contributed by atoms with van der Waals surface area (Å²) in [5.74, 6) is 1.10. The average molecular weight is 265 g/mol. The van der Waals surface area contributed by atoms with Crippen molar-refractivity contribution in [1.82, 2.24) is 4.98 Å². The first kappa shape index (κ1) is 12.5. The predicted octanol–water partition coefficient (Wildman–Crippen LogP) is 3.92. The largest absolute Gasteiger partial charge is 0.508 e. The molecule has 0 radical (unpaired) electrons. The molecule has 3 rings (SSSR count). The number of hydrogen-bond donors (Lipinski definition) is 1. The van der Waals surface area contributed by atoms with Crippen LogP contribution < -0.4 is 4.74 Å². The third-order valence-corrected chi connectivity index (χ3v) is 3.39. The van der Waals surface area contributed by atoms with Crippen LogP contribution in [0.2, 0.25) is 0 Å². The van der Waals surface area contributed by atoms with Crippen molar-refractivity contribution in [3.05, 3.63) is 54.1 Å². The molecule has 100 valence electrons. The van der Waals surface area contributed by atoms with Crippen molar-refractivity contribution in [3.63, 3.8) is 0 Å². The third-order valence-electron chi connectivity index (χ3n) is 3.39. The molecule has 1 N–H and O–H groups in total. The Labute approximate surface area is 117 Å². The van der Waals surface area contributed by atoms with Gasteiger partial charge in [-0.05, 0) is 48.9 Å².